The maximum absolute atomic E-state index is 11.1. The van der Waals surface area contributed by atoms with Gasteiger partial charge in [-0.15, -0.1) is 0 Å². The van der Waals surface area contributed by atoms with Gasteiger partial charge in [-0.3, -0.25) is 9.35 Å². The zero-order valence-electron chi connectivity index (χ0n) is 8.93. The first-order chi connectivity index (χ1) is 7.28. The van der Waals surface area contributed by atoms with E-state index in [0.29, 0.717) is 5.75 Å². The van der Waals surface area contributed by atoms with Crippen molar-refractivity contribution in [2.24, 2.45) is 0 Å². The normalized spacial score (nSPS) is 11.2. The van der Waals surface area contributed by atoms with Crippen LogP contribution in [0.25, 0.3) is 0 Å². The summed E-state index contributed by atoms with van der Waals surface area (Å²) in [5.74, 6) is -1.76. The van der Waals surface area contributed by atoms with Crippen LogP contribution in [0, 0.1) is 13.8 Å². The molecule has 0 spiro atoms. The van der Waals surface area contributed by atoms with E-state index in [9.17, 15) is 13.2 Å². The standard InChI is InChI=1S/C10H12O5S/c1-7-3-4-9(8(2)5-7)15-10(11)6-16(12,13)14/h3-5H,6H2,1-2H3,(H,12,13,14). The first-order valence-corrected chi connectivity index (χ1v) is 6.12. The Morgan fingerprint density at radius 2 is 2.00 bits per heavy atom. The van der Waals surface area contributed by atoms with Gasteiger partial charge >= 0.3 is 5.97 Å². The molecule has 0 amide bonds. The van der Waals surface area contributed by atoms with E-state index >= 15 is 0 Å². The lowest BCUT2D eigenvalue weighted by Gasteiger charge is -2.06. The van der Waals surface area contributed by atoms with Crippen LogP contribution in [0.4, 0.5) is 0 Å². The van der Waals surface area contributed by atoms with Gasteiger partial charge in [-0.2, -0.15) is 8.42 Å². The summed E-state index contributed by atoms with van der Waals surface area (Å²) in [5, 5.41) is 0. The van der Waals surface area contributed by atoms with Crippen LogP contribution in [-0.2, 0) is 14.9 Å². The Labute approximate surface area is 93.8 Å². The Hall–Kier alpha value is -1.40. The molecule has 0 aliphatic carbocycles. The average Bonchev–Trinajstić information content (AvgIpc) is 2.06. The molecule has 0 unspecified atom stereocenters. The summed E-state index contributed by atoms with van der Waals surface area (Å²) in [7, 11) is -4.34. The molecule has 0 bridgehead atoms. The number of ether oxygens (including phenoxy) is 1. The van der Waals surface area contributed by atoms with Crippen LogP contribution in [0.2, 0.25) is 0 Å². The van der Waals surface area contributed by atoms with Crippen molar-refractivity contribution in [2.45, 2.75) is 13.8 Å². The molecule has 0 aliphatic rings. The molecular formula is C10H12O5S. The monoisotopic (exact) mass is 244 g/mol. The van der Waals surface area contributed by atoms with Crippen molar-refractivity contribution in [1.82, 2.24) is 0 Å². The fourth-order valence-corrected chi connectivity index (χ4v) is 1.57. The number of carbonyl (C=O) groups excluding carboxylic acids is 1. The van der Waals surface area contributed by atoms with Crippen molar-refractivity contribution in [3.05, 3.63) is 29.3 Å². The number of carbonyl (C=O) groups is 1. The highest BCUT2D eigenvalue weighted by molar-refractivity contribution is 7.86. The molecule has 0 radical (unpaired) electrons. The van der Waals surface area contributed by atoms with E-state index < -0.39 is 21.8 Å². The highest BCUT2D eigenvalue weighted by atomic mass is 32.2. The SMILES string of the molecule is Cc1ccc(OC(=O)CS(=O)(=O)O)c(C)c1. The van der Waals surface area contributed by atoms with Crippen LogP contribution in [0.3, 0.4) is 0 Å². The lowest BCUT2D eigenvalue weighted by Crippen LogP contribution is -2.20. The van der Waals surface area contributed by atoms with Gasteiger partial charge < -0.3 is 4.74 Å². The smallest absolute Gasteiger partial charge is 0.329 e. The van der Waals surface area contributed by atoms with Crippen molar-refractivity contribution in [2.75, 3.05) is 5.75 Å². The molecular weight excluding hydrogens is 232 g/mol. The zero-order chi connectivity index (χ0) is 12.3. The van der Waals surface area contributed by atoms with Gasteiger partial charge in [0.05, 0.1) is 0 Å². The zero-order valence-corrected chi connectivity index (χ0v) is 9.74. The summed E-state index contributed by atoms with van der Waals surface area (Å²) >= 11 is 0. The molecule has 1 N–H and O–H groups in total. The number of esters is 1. The molecule has 16 heavy (non-hydrogen) atoms. The Morgan fingerprint density at radius 3 is 2.50 bits per heavy atom. The molecule has 1 aromatic rings. The second kappa shape index (κ2) is 4.63. The fraction of sp³-hybridized carbons (Fsp3) is 0.300. The molecule has 0 saturated carbocycles. The van der Waals surface area contributed by atoms with Gasteiger partial charge in [0, 0.05) is 0 Å². The lowest BCUT2D eigenvalue weighted by molar-refractivity contribution is -0.131. The van der Waals surface area contributed by atoms with Crippen LogP contribution in [0.1, 0.15) is 11.1 Å². The molecule has 88 valence electrons. The number of benzene rings is 1. The van der Waals surface area contributed by atoms with Crippen molar-refractivity contribution in [3.8, 4) is 5.75 Å². The van der Waals surface area contributed by atoms with Crippen LogP contribution >= 0.6 is 0 Å². The molecule has 5 nitrogen and oxygen atoms in total. The highest BCUT2D eigenvalue weighted by Crippen LogP contribution is 2.18. The topological polar surface area (TPSA) is 80.7 Å². The average molecular weight is 244 g/mol. The molecule has 1 rings (SSSR count). The van der Waals surface area contributed by atoms with E-state index in [-0.39, 0.29) is 0 Å². The highest BCUT2D eigenvalue weighted by Gasteiger charge is 2.15. The third kappa shape index (κ3) is 4.00. The molecule has 6 heteroatoms. The van der Waals surface area contributed by atoms with Gasteiger partial charge in [0.2, 0.25) is 0 Å². The minimum atomic E-state index is -4.34. The summed E-state index contributed by atoms with van der Waals surface area (Å²) in [6.45, 7) is 3.62. The summed E-state index contributed by atoms with van der Waals surface area (Å²) in [6.07, 6.45) is 0. The summed E-state index contributed by atoms with van der Waals surface area (Å²) in [5.41, 5.74) is 1.73. The fourth-order valence-electron chi connectivity index (χ4n) is 1.21. The van der Waals surface area contributed by atoms with E-state index in [1.165, 1.54) is 0 Å². The molecule has 0 aliphatic heterocycles. The Balaban J connectivity index is 2.78. The largest absolute Gasteiger partial charge is 0.425 e. The van der Waals surface area contributed by atoms with E-state index in [2.05, 4.69) is 0 Å². The number of aryl methyl sites for hydroxylation is 2. The van der Waals surface area contributed by atoms with Crippen molar-refractivity contribution < 1.29 is 22.5 Å². The second-order valence-corrected chi connectivity index (χ2v) is 4.92. The van der Waals surface area contributed by atoms with Gasteiger partial charge in [-0.1, -0.05) is 17.7 Å². The van der Waals surface area contributed by atoms with E-state index in [1.54, 1.807) is 25.1 Å². The van der Waals surface area contributed by atoms with Crippen LogP contribution in [-0.4, -0.2) is 24.7 Å². The summed E-state index contributed by atoms with van der Waals surface area (Å²) < 4.78 is 34.1. The molecule has 0 heterocycles. The van der Waals surface area contributed by atoms with Crippen molar-refractivity contribution >= 4 is 16.1 Å². The van der Waals surface area contributed by atoms with E-state index in [1.807, 2.05) is 6.92 Å². The molecule has 0 atom stereocenters. The van der Waals surface area contributed by atoms with Gasteiger partial charge in [0.1, 0.15) is 5.75 Å². The molecule has 0 fully saturated rings. The van der Waals surface area contributed by atoms with Crippen molar-refractivity contribution in [3.63, 3.8) is 0 Å². The Bertz CT molecular complexity index is 504. The minimum absolute atomic E-state index is 0.291. The Kier molecular flexibility index (Phi) is 3.66. The quantitative estimate of drug-likeness (QED) is 0.489. The van der Waals surface area contributed by atoms with Gasteiger partial charge in [0.25, 0.3) is 10.1 Å². The van der Waals surface area contributed by atoms with E-state index in [0.717, 1.165) is 11.1 Å². The summed E-state index contributed by atoms with van der Waals surface area (Å²) in [6, 6.07) is 5.12. The number of hydrogen-bond acceptors (Lipinski definition) is 4. The first-order valence-electron chi connectivity index (χ1n) is 4.51. The van der Waals surface area contributed by atoms with Gasteiger partial charge in [0.15, 0.2) is 5.75 Å². The van der Waals surface area contributed by atoms with Crippen LogP contribution in [0.5, 0.6) is 5.75 Å². The molecule has 0 aromatic heterocycles. The predicted molar refractivity (Wildman–Crippen MR) is 58.0 cm³/mol. The minimum Gasteiger partial charge on any atom is -0.425 e. The third-order valence-corrected chi connectivity index (χ3v) is 2.45. The predicted octanol–water partition coefficient (Wildman–Crippen LogP) is 1.10. The second-order valence-electron chi connectivity index (χ2n) is 3.47. The Morgan fingerprint density at radius 1 is 1.38 bits per heavy atom. The lowest BCUT2D eigenvalue weighted by atomic mass is 10.1. The third-order valence-electron chi connectivity index (χ3n) is 1.85. The van der Waals surface area contributed by atoms with Crippen molar-refractivity contribution in [1.29, 1.82) is 0 Å². The van der Waals surface area contributed by atoms with Gasteiger partial charge in [-0.05, 0) is 25.5 Å². The first kappa shape index (κ1) is 12.7. The van der Waals surface area contributed by atoms with E-state index in [4.69, 9.17) is 9.29 Å². The molecule has 0 saturated heterocycles. The van der Waals surface area contributed by atoms with Crippen LogP contribution < -0.4 is 4.74 Å². The number of rotatable bonds is 3. The number of hydrogen-bond donors (Lipinski definition) is 1. The maximum atomic E-state index is 11.1. The molecule has 1 aromatic carbocycles. The van der Waals surface area contributed by atoms with Gasteiger partial charge in [-0.25, -0.2) is 0 Å². The maximum Gasteiger partial charge on any atom is 0.329 e. The summed E-state index contributed by atoms with van der Waals surface area (Å²) in [4.78, 5) is 11.1. The van der Waals surface area contributed by atoms with Crippen LogP contribution in [0.15, 0.2) is 18.2 Å².